The third kappa shape index (κ3) is 4.52. The van der Waals surface area contributed by atoms with Gasteiger partial charge in [-0.3, -0.25) is 0 Å². The summed E-state index contributed by atoms with van der Waals surface area (Å²) in [5.74, 6) is 1.32. The molecule has 2 aromatic heterocycles. The van der Waals surface area contributed by atoms with E-state index in [2.05, 4.69) is 26.4 Å². The lowest BCUT2D eigenvalue weighted by Gasteiger charge is -2.05. The fourth-order valence-corrected chi connectivity index (χ4v) is 2.73. The van der Waals surface area contributed by atoms with Crippen LogP contribution in [0.1, 0.15) is 11.5 Å². The van der Waals surface area contributed by atoms with Crippen LogP contribution in [-0.2, 0) is 17.8 Å². The number of rotatable bonds is 6. The molecule has 1 aromatic carbocycles. The van der Waals surface area contributed by atoms with Crippen molar-refractivity contribution in [3.05, 3.63) is 70.0 Å². The van der Waals surface area contributed by atoms with Crippen molar-refractivity contribution in [2.24, 2.45) is 0 Å². The summed E-state index contributed by atoms with van der Waals surface area (Å²) in [6, 6.07) is 8.75. The van der Waals surface area contributed by atoms with Gasteiger partial charge in [0.05, 0.1) is 27.8 Å². The fourth-order valence-electron chi connectivity index (χ4n) is 2.00. The third-order valence-electron chi connectivity index (χ3n) is 3.19. The van der Waals surface area contributed by atoms with Crippen molar-refractivity contribution in [3.63, 3.8) is 0 Å². The summed E-state index contributed by atoms with van der Waals surface area (Å²) < 4.78 is 19.3. The minimum Gasteiger partial charge on any atom is -0.588 e. The van der Waals surface area contributed by atoms with Crippen LogP contribution < -0.4 is 4.72 Å². The molecule has 0 aliphatic heterocycles. The number of anilines is 1. The highest BCUT2D eigenvalue weighted by atomic mass is 35.5. The Labute approximate surface area is 157 Å². The second kappa shape index (κ2) is 7.88. The smallest absolute Gasteiger partial charge is 0.231 e. The molecule has 2 heterocycles. The van der Waals surface area contributed by atoms with E-state index in [0.29, 0.717) is 39.6 Å². The molecule has 0 spiro atoms. The minimum atomic E-state index is -1.37. The normalized spacial score (nSPS) is 12.0. The van der Waals surface area contributed by atoms with E-state index in [0.717, 1.165) is 5.56 Å². The van der Waals surface area contributed by atoms with Crippen molar-refractivity contribution >= 4 is 40.4 Å². The van der Waals surface area contributed by atoms with Crippen LogP contribution in [0.4, 0.5) is 5.82 Å². The van der Waals surface area contributed by atoms with Crippen LogP contribution >= 0.6 is 23.2 Å². The third-order valence-corrected chi connectivity index (χ3v) is 4.64. The summed E-state index contributed by atoms with van der Waals surface area (Å²) in [5, 5.41) is 6.20. The first-order valence-electron chi connectivity index (χ1n) is 7.08. The summed E-state index contributed by atoms with van der Waals surface area (Å²) in [5.41, 5.74) is 1.59. The van der Waals surface area contributed by atoms with Crippen LogP contribution in [0.5, 0.6) is 0 Å². The molecule has 1 atom stereocenters. The van der Waals surface area contributed by atoms with E-state index in [1.165, 1.54) is 5.41 Å². The highest BCUT2D eigenvalue weighted by Crippen LogP contribution is 2.24. The first-order valence-corrected chi connectivity index (χ1v) is 9.05. The van der Waals surface area contributed by atoms with E-state index in [9.17, 15) is 4.55 Å². The maximum atomic E-state index is 11.3. The first-order chi connectivity index (χ1) is 12.0. The monoisotopic (exact) mass is 394 g/mol. The molecule has 0 amide bonds. The van der Waals surface area contributed by atoms with Crippen LogP contribution in [0.25, 0.3) is 11.4 Å². The second-order valence-electron chi connectivity index (χ2n) is 4.94. The number of pyridine rings is 1. The lowest BCUT2D eigenvalue weighted by molar-refractivity contribution is 0.385. The second-order valence-corrected chi connectivity index (χ2v) is 6.88. The van der Waals surface area contributed by atoms with Gasteiger partial charge in [-0.1, -0.05) is 34.4 Å². The van der Waals surface area contributed by atoms with Crippen molar-refractivity contribution in [2.75, 3.05) is 4.72 Å². The summed E-state index contributed by atoms with van der Waals surface area (Å²) in [7, 11) is 0. The zero-order valence-electron chi connectivity index (χ0n) is 12.8. The zero-order valence-corrected chi connectivity index (χ0v) is 15.1. The van der Waals surface area contributed by atoms with Gasteiger partial charge in [0.2, 0.25) is 11.7 Å². The van der Waals surface area contributed by atoms with Crippen LogP contribution in [0, 0.1) is 0 Å². The predicted octanol–water partition coefficient (Wildman–Crippen LogP) is 4.25. The highest BCUT2D eigenvalue weighted by molar-refractivity contribution is 7.95. The first kappa shape index (κ1) is 17.8. The standard InChI is InChI=1S/C16H12Cl2N4O2S/c1-2-25(23)22-14-6-4-11(9-19-14)16-20-15(24-21-16)8-10-3-5-12(17)13(18)7-10/h2-7,9H,1,8H2,(H,19,22). The maximum absolute atomic E-state index is 11.3. The number of benzene rings is 1. The molecule has 0 fully saturated rings. The molecule has 3 aromatic rings. The van der Waals surface area contributed by atoms with Gasteiger partial charge in [0.25, 0.3) is 0 Å². The van der Waals surface area contributed by atoms with Gasteiger partial charge < -0.3 is 9.08 Å². The Morgan fingerprint density at radius 2 is 2.08 bits per heavy atom. The van der Waals surface area contributed by atoms with Crippen molar-refractivity contribution in [1.29, 1.82) is 0 Å². The average molecular weight is 395 g/mol. The van der Waals surface area contributed by atoms with Crippen molar-refractivity contribution in [3.8, 4) is 11.4 Å². The SMILES string of the molecule is C=C[S+]([O-])Nc1ccc(-c2noc(Cc3ccc(Cl)c(Cl)c3)n2)cn1. The van der Waals surface area contributed by atoms with Gasteiger partial charge in [0.1, 0.15) is 5.41 Å². The number of halogens is 2. The molecule has 0 aliphatic rings. The van der Waals surface area contributed by atoms with Crippen LogP contribution in [0.3, 0.4) is 0 Å². The summed E-state index contributed by atoms with van der Waals surface area (Å²) in [6.45, 7) is 3.43. The molecule has 0 aliphatic carbocycles. The van der Waals surface area contributed by atoms with Gasteiger partial charge in [-0.25, -0.2) is 4.98 Å². The lowest BCUT2D eigenvalue weighted by Crippen LogP contribution is -2.09. The van der Waals surface area contributed by atoms with Crippen LogP contribution in [0.2, 0.25) is 10.0 Å². The van der Waals surface area contributed by atoms with Crippen molar-refractivity contribution in [1.82, 2.24) is 15.1 Å². The highest BCUT2D eigenvalue weighted by Gasteiger charge is 2.11. The molecular formula is C16H12Cl2N4O2S. The Bertz CT molecular complexity index is 886. The fraction of sp³-hybridized carbons (Fsp3) is 0.0625. The molecular weight excluding hydrogens is 383 g/mol. The molecule has 0 radical (unpaired) electrons. The van der Waals surface area contributed by atoms with Gasteiger partial charge in [-0.2, -0.15) is 9.71 Å². The number of hydrogen-bond donors (Lipinski definition) is 1. The molecule has 1 unspecified atom stereocenters. The molecule has 0 bridgehead atoms. The molecule has 128 valence electrons. The quantitative estimate of drug-likeness (QED) is 0.628. The summed E-state index contributed by atoms with van der Waals surface area (Å²) in [4.78, 5) is 8.50. The predicted molar refractivity (Wildman–Crippen MR) is 98.8 cm³/mol. The minimum absolute atomic E-state index is 0.416. The van der Waals surface area contributed by atoms with Gasteiger partial charge >= 0.3 is 0 Å². The van der Waals surface area contributed by atoms with E-state index in [-0.39, 0.29) is 0 Å². The Morgan fingerprint density at radius 1 is 1.24 bits per heavy atom. The van der Waals surface area contributed by atoms with E-state index in [1.807, 2.05) is 6.07 Å². The number of nitrogens with one attached hydrogen (secondary N) is 1. The average Bonchev–Trinajstić information content (AvgIpc) is 3.07. The topological polar surface area (TPSA) is 86.9 Å². The molecule has 9 heteroatoms. The van der Waals surface area contributed by atoms with Gasteiger partial charge in [0.15, 0.2) is 5.82 Å². The Balaban J connectivity index is 1.72. The Kier molecular flexibility index (Phi) is 5.60. The summed E-state index contributed by atoms with van der Waals surface area (Å²) >= 11 is 10.5. The number of nitrogens with zero attached hydrogens (tertiary/aromatic N) is 3. The molecule has 6 nitrogen and oxygen atoms in total. The van der Waals surface area contributed by atoms with Crippen LogP contribution in [0.15, 0.2) is 53.0 Å². The van der Waals surface area contributed by atoms with Gasteiger partial charge in [-0.15, -0.1) is 0 Å². The van der Waals surface area contributed by atoms with Crippen LogP contribution in [-0.4, -0.2) is 19.7 Å². The molecule has 0 saturated carbocycles. The van der Waals surface area contributed by atoms with Gasteiger partial charge in [0, 0.05) is 11.8 Å². The molecule has 25 heavy (non-hydrogen) atoms. The number of hydrogen-bond acceptors (Lipinski definition) is 6. The zero-order chi connectivity index (χ0) is 17.8. The van der Waals surface area contributed by atoms with Crippen molar-refractivity contribution < 1.29 is 9.08 Å². The lowest BCUT2D eigenvalue weighted by atomic mass is 10.1. The maximum Gasteiger partial charge on any atom is 0.231 e. The molecule has 1 N–H and O–H groups in total. The Morgan fingerprint density at radius 3 is 2.76 bits per heavy atom. The molecule has 3 rings (SSSR count). The van der Waals surface area contributed by atoms with E-state index in [1.54, 1.807) is 30.5 Å². The van der Waals surface area contributed by atoms with Gasteiger partial charge in [-0.05, 0) is 36.4 Å². The summed E-state index contributed by atoms with van der Waals surface area (Å²) in [6.07, 6.45) is 2.01. The largest absolute Gasteiger partial charge is 0.588 e. The molecule has 0 saturated heterocycles. The Hall–Kier alpha value is -2.06. The number of aromatic nitrogens is 3. The van der Waals surface area contributed by atoms with E-state index in [4.69, 9.17) is 27.7 Å². The van der Waals surface area contributed by atoms with E-state index >= 15 is 0 Å². The van der Waals surface area contributed by atoms with E-state index < -0.39 is 11.4 Å². The van der Waals surface area contributed by atoms with Crippen molar-refractivity contribution in [2.45, 2.75) is 6.42 Å².